The van der Waals surface area contributed by atoms with Gasteiger partial charge in [-0.15, -0.1) is 5.10 Å². The number of anilines is 2. The van der Waals surface area contributed by atoms with Crippen molar-refractivity contribution in [2.45, 2.75) is 10.4 Å². The SMILES string of the molecule is Nc1nc(SC(C(=O)Nc2ccc(Cl)c([N+](=O)[O-])c2)c2ccccc2)n[nH]1. The number of benzene rings is 2. The molecule has 1 amide bonds. The summed E-state index contributed by atoms with van der Waals surface area (Å²) in [5.74, 6) is -0.260. The van der Waals surface area contributed by atoms with E-state index in [1.165, 1.54) is 18.2 Å². The summed E-state index contributed by atoms with van der Waals surface area (Å²) in [4.78, 5) is 27.3. The van der Waals surface area contributed by atoms with Crippen LogP contribution in [0.1, 0.15) is 10.8 Å². The number of rotatable bonds is 6. The summed E-state index contributed by atoms with van der Waals surface area (Å²) in [6.07, 6.45) is 0. The molecule has 1 atom stereocenters. The third-order valence-electron chi connectivity index (χ3n) is 3.46. The molecule has 11 heteroatoms. The standard InChI is InChI=1S/C16H13ClN6O3S/c17-11-7-6-10(8-12(11)23(25)26)19-14(24)13(9-4-2-1-3-5-9)27-16-20-15(18)21-22-16/h1-8,13H,(H,19,24)(H3,18,20,21,22). The van der Waals surface area contributed by atoms with Crippen LogP contribution in [0.3, 0.4) is 0 Å². The average Bonchev–Trinajstić information content (AvgIpc) is 3.06. The number of nitrogens with zero attached hydrogens (tertiary/aromatic N) is 3. The maximum Gasteiger partial charge on any atom is 0.289 e. The first-order chi connectivity index (χ1) is 12.9. The van der Waals surface area contributed by atoms with Crippen LogP contribution < -0.4 is 11.1 Å². The van der Waals surface area contributed by atoms with E-state index >= 15 is 0 Å². The number of hydrogen-bond donors (Lipinski definition) is 3. The smallest absolute Gasteiger partial charge is 0.289 e. The summed E-state index contributed by atoms with van der Waals surface area (Å²) in [6, 6.07) is 13.1. The molecule has 0 spiro atoms. The number of aromatic amines is 1. The minimum Gasteiger partial charge on any atom is -0.368 e. The van der Waals surface area contributed by atoms with E-state index in [9.17, 15) is 14.9 Å². The molecule has 4 N–H and O–H groups in total. The molecular weight excluding hydrogens is 392 g/mol. The molecule has 27 heavy (non-hydrogen) atoms. The van der Waals surface area contributed by atoms with Gasteiger partial charge in [0.15, 0.2) is 0 Å². The van der Waals surface area contributed by atoms with Crippen LogP contribution in [0.4, 0.5) is 17.3 Å². The molecule has 3 aromatic rings. The fourth-order valence-corrected chi connectivity index (χ4v) is 3.36. The number of carbonyl (C=O) groups excluding carboxylic acids is 1. The van der Waals surface area contributed by atoms with Gasteiger partial charge in [0.1, 0.15) is 10.3 Å². The molecule has 1 aromatic heterocycles. The van der Waals surface area contributed by atoms with Gasteiger partial charge in [0.2, 0.25) is 17.0 Å². The van der Waals surface area contributed by atoms with E-state index in [1.807, 2.05) is 6.07 Å². The second kappa shape index (κ2) is 8.06. The number of nitro benzene ring substituents is 1. The van der Waals surface area contributed by atoms with Gasteiger partial charge in [0.25, 0.3) is 5.69 Å². The molecule has 0 aliphatic rings. The van der Waals surface area contributed by atoms with Crippen LogP contribution in [0, 0.1) is 10.1 Å². The third-order valence-corrected chi connectivity index (χ3v) is 4.89. The highest BCUT2D eigenvalue weighted by atomic mass is 35.5. The first-order valence-electron chi connectivity index (χ1n) is 7.58. The Bertz CT molecular complexity index is 981. The van der Waals surface area contributed by atoms with Crippen LogP contribution in [-0.4, -0.2) is 26.0 Å². The van der Waals surface area contributed by atoms with Gasteiger partial charge in [-0.2, -0.15) is 4.98 Å². The first-order valence-corrected chi connectivity index (χ1v) is 8.84. The highest BCUT2D eigenvalue weighted by Crippen LogP contribution is 2.35. The van der Waals surface area contributed by atoms with Crippen LogP contribution in [0.5, 0.6) is 0 Å². The minimum absolute atomic E-state index is 0.0109. The Balaban J connectivity index is 1.87. The molecule has 2 aromatic carbocycles. The Labute approximate surface area is 162 Å². The Morgan fingerprint density at radius 2 is 2.04 bits per heavy atom. The highest BCUT2D eigenvalue weighted by Gasteiger charge is 2.25. The van der Waals surface area contributed by atoms with Crippen molar-refractivity contribution in [1.82, 2.24) is 15.2 Å². The molecule has 3 rings (SSSR count). The van der Waals surface area contributed by atoms with E-state index in [4.69, 9.17) is 17.3 Å². The zero-order chi connectivity index (χ0) is 19.4. The Morgan fingerprint density at radius 3 is 2.67 bits per heavy atom. The summed E-state index contributed by atoms with van der Waals surface area (Å²) in [6.45, 7) is 0. The average molecular weight is 405 g/mol. The van der Waals surface area contributed by atoms with Gasteiger partial charge in [-0.25, -0.2) is 5.10 Å². The summed E-state index contributed by atoms with van der Waals surface area (Å²) in [5.41, 5.74) is 6.21. The van der Waals surface area contributed by atoms with Crippen molar-refractivity contribution >= 4 is 46.6 Å². The van der Waals surface area contributed by atoms with Crippen LogP contribution in [0.25, 0.3) is 0 Å². The highest BCUT2D eigenvalue weighted by molar-refractivity contribution is 8.00. The summed E-state index contributed by atoms with van der Waals surface area (Å²) in [7, 11) is 0. The molecule has 0 aliphatic carbocycles. The van der Waals surface area contributed by atoms with Crippen LogP contribution >= 0.6 is 23.4 Å². The maximum atomic E-state index is 12.9. The number of halogens is 1. The molecule has 0 aliphatic heterocycles. The van der Waals surface area contributed by atoms with Gasteiger partial charge in [-0.05, 0) is 17.7 Å². The lowest BCUT2D eigenvalue weighted by molar-refractivity contribution is -0.384. The third kappa shape index (κ3) is 4.54. The van der Waals surface area contributed by atoms with Gasteiger partial charge in [0, 0.05) is 11.8 Å². The van der Waals surface area contributed by atoms with Gasteiger partial charge < -0.3 is 11.1 Å². The number of aromatic nitrogens is 3. The normalized spacial score (nSPS) is 11.7. The number of carbonyl (C=O) groups is 1. The van der Waals surface area contributed by atoms with E-state index in [0.29, 0.717) is 10.7 Å². The molecule has 1 heterocycles. The molecule has 0 radical (unpaired) electrons. The Kier molecular flexibility index (Phi) is 5.57. The second-order valence-electron chi connectivity index (χ2n) is 5.32. The van der Waals surface area contributed by atoms with Crippen molar-refractivity contribution < 1.29 is 9.72 Å². The van der Waals surface area contributed by atoms with Crippen molar-refractivity contribution in [3.05, 3.63) is 69.2 Å². The van der Waals surface area contributed by atoms with Gasteiger partial charge >= 0.3 is 0 Å². The Morgan fingerprint density at radius 1 is 1.30 bits per heavy atom. The van der Waals surface area contributed by atoms with Crippen molar-refractivity contribution in [2.75, 3.05) is 11.1 Å². The molecule has 1 unspecified atom stereocenters. The molecule has 9 nitrogen and oxygen atoms in total. The quantitative estimate of drug-likeness (QED) is 0.324. The molecule has 0 saturated carbocycles. The summed E-state index contributed by atoms with van der Waals surface area (Å²) >= 11 is 6.90. The Hall–Kier alpha value is -3.11. The number of nitrogens with two attached hydrogens (primary N) is 1. The summed E-state index contributed by atoms with van der Waals surface area (Å²) < 4.78 is 0. The van der Waals surface area contributed by atoms with E-state index in [-0.39, 0.29) is 22.3 Å². The molecule has 0 fully saturated rings. The number of H-pyrrole nitrogens is 1. The predicted molar refractivity (Wildman–Crippen MR) is 103 cm³/mol. The first kappa shape index (κ1) is 18.7. The van der Waals surface area contributed by atoms with Gasteiger partial charge in [0.05, 0.1) is 4.92 Å². The monoisotopic (exact) mass is 404 g/mol. The van der Waals surface area contributed by atoms with E-state index < -0.39 is 16.1 Å². The zero-order valence-electron chi connectivity index (χ0n) is 13.6. The summed E-state index contributed by atoms with van der Waals surface area (Å²) in [5, 5.41) is 19.7. The van der Waals surface area contributed by atoms with Crippen LogP contribution in [0.2, 0.25) is 5.02 Å². The number of nitrogens with one attached hydrogen (secondary N) is 2. The fraction of sp³-hybridized carbons (Fsp3) is 0.0625. The van der Waals surface area contributed by atoms with Gasteiger partial charge in [-0.3, -0.25) is 14.9 Å². The maximum absolute atomic E-state index is 12.9. The lowest BCUT2D eigenvalue weighted by atomic mass is 10.1. The number of hydrogen-bond acceptors (Lipinski definition) is 7. The topological polar surface area (TPSA) is 140 Å². The van der Waals surface area contributed by atoms with Crippen molar-refractivity contribution in [1.29, 1.82) is 0 Å². The van der Waals surface area contributed by atoms with Crippen LogP contribution in [0.15, 0.2) is 53.7 Å². The second-order valence-corrected chi connectivity index (χ2v) is 6.80. The fourth-order valence-electron chi connectivity index (χ4n) is 2.26. The largest absolute Gasteiger partial charge is 0.368 e. The number of amides is 1. The lowest BCUT2D eigenvalue weighted by Gasteiger charge is -2.15. The molecule has 0 saturated heterocycles. The van der Waals surface area contributed by atoms with E-state index in [0.717, 1.165) is 11.8 Å². The predicted octanol–water partition coefficient (Wildman–Crippen LogP) is 3.42. The van der Waals surface area contributed by atoms with Crippen molar-refractivity contribution in [3.63, 3.8) is 0 Å². The minimum atomic E-state index is -0.698. The van der Waals surface area contributed by atoms with E-state index in [2.05, 4.69) is 20.5 Å². The van der Waals surface area contributed by atoms with Crippen molar-refractivity contribution in [3.8, 4) is 0 Å². The van der Waals surface area contributed by atoms with Crippen molar-refractivity contribution in [2.24, 2.45) is 0 Å². The van der Waals surface area contributed by atoms with Gasteiger partial charge in [-0.1, -0.05) is 53.7 Å². The lowest BCUT2D eigenvalue weighted by Crippen LogP contribution is -2.19. The molecular formula is C16H13ClN6O3S. The number of thioether (sulfide) groups is 1. The molecule has 138 valence electrons. The zero-order valence-corrected chi connectivity index (χ0v) is 15.2. The van der Waals surface area contributed by atoms with Crippen LogP contribution in [-0.2, 0) is 4.79 Å². The van der Waals surface area contributed by atoms with E-state index in [1.54, 1.807) is 24.3 Å². The molecule has 0 bridgehead atoms. The number of nitro groups is 1. The number of nitrogen functional groups attached to an aromatic ring is 1.